The lowest BCUT2D eigenvalue weighted by molar-refractivity contribution is -0.111. The topological polar surface area (TPSA) is 123 Å². The zero-order valence-corrected chi connectivity index (χ0v) is 15.3. The van der Waals surface area contributed by atoms with Crippen molar-refractivity contribution in [1.29, 1.82) is 0 Å². The van der Waals surface area contributed by atoms with Gasteiger partial charge >= 0.3 is 0 Å². The number of hydrogen-bond donors (Lipinski definition) is 3. The molecule has 0 saturated carbocycles. The minimum atomic E-state index is -0.611. The Labute approximate surface area is 152 Å². The van der Waals surface area contributed by atoms with E-state index in [2.05, 4.69) is 16.1 Å². The van der Waals surface area contributed by atoms with Crippen LogP contribution >= 0.6 is 11.8 Å². The highest BCUT2D eigenvalue weighted by Crippen LogP contribution is 2.38. The molecule has 0 radical (unpaired) electrons. The largest absolute Gasteiger partial charge is 0.384 e. The number of nitrogens with two attached hydrogens (primary N) is 3. The molecule has 0 fully saturated rings. The van der Waals surface area contributed by atoms with Gasteiger partial charge in [-0.1, -0.05) is 18.2 Å². The summed E-state index contributed by atoms with van der Waals surface area (Å²) in [6.45, 7) is 3.14. The van der Waals surface area contributed by atoms with Crippen molar-refractivity contribution in [2.45, 2.75) is 19.3 Å². The molecule has 1 heterocycles. The number of carbonyl (C=O) groups excluding carboxylic acids is 1. The van der Waals surface area contributed by atoms with Crippen LogP contribution in [0.15, 0.2) is 46.3 Å². The summed E-state index contributed by atoms with van der Waals surface area (Å²) in [6.07, 6.45) is 2.36. The monoisotopic (exact) mass is 360 g/mol. The van der Waals surface area contributed by atoms with Gasteiger partial charge in [0.15, 0.2) is 5.04 Å². The van der Waals surface area contributed by atoms with E-state index in [0.29, 0.717) is 23.3 Å². The number of benzene rings is 1. The molecular weight excluding hydrogens is 336 g/mol. The second-order valence-corrected chi connectivity index (χ2v) is 6.82. The Morgan fingerprint density at radius 3 is 2.76 bits per heavy atom. The van der Waals surface area contributed by atoms with E-state index < -0.39 is 5.91 Å². The zero-order chi connectivity index (χ0) is 18.4. The summed E-state index contributed by atoms with van der Waals surface area (Å²) < 4.78 is 0. The Morgan fingerprint density at radius 2 is 2.12 bits per heavy atom. The molecule has 2 rings (SSSR count). The number of nitrogens with zero attached hydrogens (tertiary/aromatic N) is 3. The molecule has 1 aromatic rings. The van der Waals surface area contributed by atoms with Gasteiger partial charge in [0.25, 0.3) is 5.91 Å². The standard InChI is InChI=1S/C17H24N6OS/c1-11(21-2)25-17(16(20)24)22-9-15(19)23-10-12(7-8-18)13-5-3-4-6-14(13)23/h3-6,9,12H,7-8,10,18-19H2,1-2H3,(H2,20,24)/b15-9-,21-11+,22-17-. The molecule has 1 aromatic carbocycles. The fourth-order valence-electron chi connectivity index (χ4n) is 2.71. The number of hydrogen-bond acceptors (Lipinski definition) is 7. The second kappa shape index (κ2) is 8.68. The maximum Gasteiger partial charge on any atom is 0.274 e. The van der Waals surface area contributed by atoms with Gasteiger partial charge in [0.1, 0.15) is 5.82 Å². The Bertz CT molecular complexity index is 728. The molecule has 1 amide bonds. The van der Waals surface area contributed by atoms with E-state index in [4.69, 9.17) is 17.2 Å². The molecule has 0 spiro atoms. The van der Waals surface area contributed by atoms with E-state index in [1.807, 2.05) is 23.1 Å². The Hall–Kier alpha value is -2.32. The molecule has 0 saturated heterocycles. The third kappa shape index (κ3) is 4.61. The number of anilines is 1. The van der Waals surface area contributed by atoms with E-state index in [0.717, 1.165) is 30.4 Å². The SMILES string of the molecule is C/N=C(\C)S/C(=N\C=C(\N)N1CC(CCN)c2ccccc21)C(N)=O. The molecule has 8 heteroatoms. The molecule has 7 nitrogen and oxygen atoms in total. The van der Waals surface area contributed by atoms with Crippen LogP contribution in [-0.4, -0.2) is 36.1 Å². The lowest BCUT2D eigenvalue weighted by atomic mass is 9.98. The van der Waals surface area contributed by atoms with Gasteiger partial charge in [0.05, 0.1) is 11.2 Å². The molecule has 6 N–H and O–H groups in total. The Kier molecular flexibility index (Phi) is 6.60. The van der Waals surface area contributed by atoms with Gasteiger partial charge in [-0.3, -0.25) is 9.79 Å². The van der Waals surface area contributed by atoms with Crippen LogP contribution in [0.1, 0.15) is 24.8 Å². The molecule has 0 aromatic heterocycles. The number of amides is 1. The van der Waals surface area contributed by atoms with Crippen LogP contribution in [0.3, 0.4) is 0 Å². The Morgan fingerprint density at radius 1 is 1.40 bits per heavy atom. The van der Waals surface area contributed by atoms with Crippen molar-refractivity contribution in [1.82, 2.24) is 0 Å². The van der Waals surface area contributed by atoms with E-state index in [1.165, 1.54) is 11.8 Å². The maximum atomic E-state index is 11.5. The first kappa shape index (κ1) is 19.0. The molecule has 134 valence electrons. The fourth-order valence-corrected chi connectivity index (χ4v) is 3.29. The van der Waals surface area contributed by atoms with Crippen molar-refractivity contribution in [2.24, 2.45) is 27.2 Å². The van der Waals surface area contributed by atoms with Gasteiger partial charge in [-0.05, 0) is 43.3 Å². The van der Waals surface area contributed by atoms with Crippen LogP contribution in [0, 0.1) is 0 Å². The predicted molar refractivity (Wildman–Crippen MR) is 106 cm³/mol. The predicted octanol–water partition coefficient (Wildman–Crippen LogP) is 1.36. The van der Waals surface area contributed by atoms with Crippen LogP contribution in [0.5, 0.6) is 0 Å². The van der Waals surface area contributed by atoms with Crippen molar-refractivity contribution in [3.05, 3.63) is 41.8 Å². The summed E-state index contributed by atoms with van der Waals surface area (Å²) in [6, 6.07) is 8.10. The zero-order valence-electron chi connectivity index (χ0n) is 14.5. The van der Waals surface area contributed by atoms with Crippen LogP contribution in [-0.2, 0) is 4.79 Å². The first-order valence-corrected chi connectivity index (χ1v) is 8.80. The number of rotatable bonds is 4. The molecule has 25 heavy (non-hydrogen) atoms. The molecule has 1 unspecified atom stereocenters. The number of para-hydroxylation sites is 1. The number of fused-ring (bicyclic) bond motifs is 1. The highest BCUT2D eigenvalue weighted by molar-refractivity contribution is 8.28. The molecular formula is C17H24N6OS. The van der Waals surface area contributed by atoms with Crippen molar-refractivity contribution in [3.8, 4) is 0 Å². The second-order valence-electron chi connectivity index (χ2n) is 5.64. The van der Waals surface area contributed by atoms with Gasteiger partial charge in [-0.15, -0.1) is 0 Å². The van der Waals surface area contributed by atoms with E-state index in [9.17, 15) is 4.79 Å². The van der Waals surface area contributed by atoms with Gasteiger partial charge in [-0.25, -0.2) is 4.99 Å². The third-order valence-electron chi connectivity index (χ3n) is 3.98. The average Bonchev–Trinajstić information content (AvgIpc) is 2.97. The number of aliphatic imine (C=N–C) groups is 2. The average molecular weight is 360 g/mol. The molecule has 0 bridgehead atoms. The quantitative estimate of drug-likeness (QED) is 0.552. The normalized spacial score (nSPS) is 18.4. The van der Waals surface area contributed by atoms with E-state index in [-0.39, 0.29) is 5.04 Å². The fraction of sp³-hybridized carbons (Fsp3) is 0.353. The maximum absolute atomic E-state index is 11.5. The number of primary amides is 1. The smallest absolute Gasteiger partial charge is 0.274 e. The number of carbonyl (C=O) groups is 1. The van der Waals surface area contributed by atoms with Crippen molar-refractivity contribution in [3.63, 3.8) is 0 Å². The highest BCUT2D eigenvalue weighted by atomic mass is 32.2. The van der Waals surface area contributed by atoms with Crippen molar-refractivity contribution >= 4 is 33.4 Å². The van der Waals surface area contributed by atoms with Gasteiger partial charge in [0.2, 0.25) is 0 Å². The van der Waals surface area contributed by atoms with Gasteiger partial charge in [-0.2, -0.15) is 0 Å². The summed E-state index contributed by atoms with van der Waals surface area (Å²) in [7, 11) is 1.64. The van der Waals surface area contributed by atoms with Crippen molar-refractivity contribution in [2.75, 3.05) is 25.0 Å². The first-order chi connectivity index (χ1) is 12.0. The van der Waals surface area contributed by atoms with Crippen molar-refractivity contribution < 1.29 is 4.79 Å². The summed E-state index contributed by atoms with van der Waals surface area (Å²) >= 11 is 1.12. The third-order valence-corrected chi connectivity index (χ3v) is 4.96. The minimum Gasteiger partial charge on any atom is -0.384 e. The lowest BCUT2D eigenvalue weighted by Gasteiger charge is -2.19. The van der Waals surface area contributed by atoms with Gasteiger partial charge < -0.3 is 22.1 Å². The summed E-state index contributed by atoms with van der Waals surface area (Å²) in [4.78, 5) is 21.7. The van der Waals surface area contributed by atoms with Crippen LogP contribution in [0.4, 0.5) is 5.69 Å². The molecule has 1 atom stereocenters. The molecule has 1 aliphatic heterocycles. The van der Waals surface area contributed by atoms with Crippen LogP contribution in [0.25, 0.3) is 0 Å². The number of thioether (sulfide) groups is 1. The van der Waals surface area contributed by atoms with Gasteiger partial charge in [0, 0.05) is 25.2 Å². The summed E-state index contributed by atoms with van der Waals surface area (Å²) in [5.41, 5.74) is 19.6. The lowest BCUT2D eigenvalue weighted by Crippen LogP contribution is -2.27. The highest BCUT2D eigenvalue weighted by Gasteiger charge is 2.28. The van der Waals surface area contributed by atoms with E-state index >= 15 is 0 Å². The van der Waals surface area contributed by atoms with E-state index in [1.54, 1.807) is 14.0 Å². The molecule has 1 aliphatic rings. The van der Waals surface area contributed by atoms with Crippen LogP contribution in [0.2, 0.25) is 0 Å². The summed E-state index contributed by atoms with van der Waals surface area (Å²) in [5, 5.41) is 0.844. The summed E-state index contributed by atoms with van der Waals surface area (Å²) in [5.74, 6) is 0.175. The molecule has 0 aliphatic carbocycles. The first-order valence-electron chi connectivity index (χ1n) is 7.99. The minimum absolute atomic E-state index is 0.150. The van der Waals surface area contributed by atoms with Crippen LogP contribution < -0.4 is 22.1 Å². The Balaban J connectivity index is 2.27.